The van der Waals surface area contributed by atoms with Crippen LogP contribution in [0.4, 0.5) is 10.8 Å². The third-order valence-corrected chi connectivity index (χ3v) is 8.06. The normalized spacial score (nSPS) is 19.8. The van der Waals surface area contributed by atoms with Crippen LogP contribution in [-0.4, -0.2) is 68.3 Å². The molecule has 5 rings (SSSR count). The minimum atomic E-state index is -0.474. The van der Waals surface area contributed by atoms with Crippen LogP contribution in [0, 0.1) is 0 Å². The Kier molecular flexibility index (Phi) is 7.83. The fourth-order valence-corrected chi connectivity index (χ4v) is 5.93. The Morgan fingerprint density at radius 1 is 1.08 bits per heavy atom. The van der Waals surface area contributed by atoms with Gasteiger partial charge in [-0.3, -0.25) is 9.69 Å². The van der Waals surface area contributed by atoms with Crippen LogP contribution in [0.5, 0.6) is 0 Å². The molecule has 9 heteroatoms. The molecule has 2 aliphatic heterocycles. The average molecular weight is 521 g/mol. The van der Waals surface area contributed by atoms with Gasteiger partial charge in [-0.25, -0.2) is 9.78 Å². The molecule has 8 nitrogen and oxygen atoms in total. The molecule has 0 aliphatic carbocycles. The van der Waals surface area contributed by atoms with Crippen LogP contribution in [0.1, 0.15) is 50.7 Å². The molecule has 0 bridgehead atoms. The van der Waals surface area contributed by atoms with E-state index in [0.29, 0.717) is 22.9 Å². The van der Waals surface area contributed by atoms with E-state index in [4.69, 9.17) is 9.47 Å². The van der Waals surface area contributed by atoms with E-state index in [-0.39, 0.29) is 12.0 Å². The molecule has 2 atom stereocenters. The largest absolute Gasteiger partial charge is 0.465 e. The summed E-state index contributed by atoms with van der Waals surface area (Å²) in [7, 11) is 3.07. The molecule has 2 aliphatic rings. The first kappa shape index (κ1) is 25.4. The zero-order valence-electron chi connectivity index (χ0n) is 21.2. The number of carbonyl (C=O) groups is 2. The number of anilines is 2. The Morgan fingerprint density at radius 2 is 1.92 bits per heavy atom. The number of hydrogen-bond donors (Lipinski definition) is 1. The maximum absolute atomic E-state index is 13.0. The number of thiazole rings is 1. The van der Waals surface area contributed by atoms with Crippen LogP contribution in [0.15, 0.2) is 53.9 Å². The molecule has 1 unspecified atom stereocenters. The molecule has 37 heavy (non-hydrogen) atoms. The number of amides is 1. The molecule has 0 saturated carbocycles. The number of methoxy groups -OCH3 is 2. The molecule has 1 aromatic heterocycles. The van der Waals surface area contributed by atoms with E-state index in [9.17, 15) is 9.59 Å². The summed E-state index contributed by atoms with van der Waals surface area (Å²) >= 11 is 1.44. The van der Waals surface area contributed by atoms with Crippen LogP contribution in [0.3, 0.4) is 0 Å². The summed E-state index contributed by atoms with van der Waals surface area (Å²) in [5, 5.41) is 5.42. The molecule has 3 heterocycles. The molecular weight excluding hydrogens is 488 g/mol. The van der Waals surface area contributed by atoms with Gasteiger partial charge in [-0.15, -0.1) is 11.3 Å². The number of rotatable bonds is 8. The highest BCUT2D eigenvalue weighted by Gasteiger charge is 2.27. The summed E-state index contributed by atoms with van der Waals surface area (Å²) in [5.74, 6) is -0.509. The van der Waals surface area contributed by atoms with Crippen molar-refractivity contribution in [1.82, 2.24) is 9.88 Å². The van der Waals surface area contributed by atoms with Crippen molar-refractivity contribution in [1.29, 1.82) is 0 Å². The summed E-state index contributed by atoms with van der Waals surface area (Å²) in [6, 6.07) is 16.1. The summed E-state index contributed by atoms with van der Waals surface area (Å²) in [6.07, 6.45) is 2.14. The molecule has 194 valence electrons. The second-order valence-corrected chi connectivity index (χ2v) is 10.4. The lowest BCUT2D eigenvalue weighted by Crippen LogP contribution is -2.22. The maximum atomic E-state index is 13.0. The van der Waals surface area contributed by atoms with E-state index < -0.39 is 5.97 Å². The Balaban J connectivity index is 1.27. The standard InChI is InChI=1S/C28H32N4O4S/c1-35-22-11-13-32(17-22)28-30-25(18-37-28)26(33)29-24-9-8-20(14-23(24)27(34)36-2)21-10-12-31(16-21)15-19-6-4-3-5-7-19/h3-9,14,18,21-22H,10-13,15-17H2,1-2H3,(H,29,33)/t21?,22-/m0/s1. The van der Waals surface area contributed by atoms with Gasteiger partial charge in [-0.2, -0.15) is 0 Å². The third kappa shape index (κ3) is 5.84. The average Bonchev–Trinajstić information content (AvgIpc) is 3.70. The molecule has 1 amide bonds. The predicted octanol–water partition coefficient (Wildman–Crippen LogP) is 4.40. The van der Waals surface area contributed by atoms with Crippen LogP contribution in [-0.2, 0) is 16.0 Å². The first-order valence-electron chi connectivity index (χ1n) is 12.6. The van der Waals surface area contributed by atoms with Gasteiger partial charge < -0.3 is 19.7 Å². The van der Waals surface area contributed by atoms with Crippen LogP contribution < -0.4 is 10.2 Å². The second-order valence-electron chi connectivity index (χ2n) is 9.56. The van der Waals surface area contributed by atoms with Gasteiger partial charge in [0.2, 0.25) is 0 Å². The molecule has 2 saturated heterocycles. The summed E-state index contributed by atoms with van der Waals surface area (Å²) in [4.78, 5) is 34.8. The van der Waals surface area contributed by atoms with Crippen LogP contribution in [0.25, 0.3) is 0 Å². The number of benzene rings is 2. The van der Waals surface area contributed by atoms with Crippen molar-refractivity contribution in [2.45, 2.75) is 31.4 Å². The number of nitrogens with zero attached hydrogens (tertiary/aromatic N) is 3. The number of esters is 1. The van der Waals surface area contributed by atoms with Gasteiger partial charge in [0.05, 0.1) is 24.5 Å². The minimum Gasteiger partial charge on any atom is -0.465 e. The van der Waals surface area contributed by atoms with Crippen molar-refractivity contribution in [2.24, 2.45) is 0 Å². The van der Waals surface area contributed by atoms with Crippen molar-refractivity contribution in [3.63, 3.8) is 0 Å². The van der Waals surface area contributed by atoms with E-state index in [1.165, 1.54) is 24.0 Å². The lowest BCUT2D eigenvalue weighted by Gasteiger charge is -2.17. The van der Waals surface area contributed by atoms with E-state index in [2.05, 4.69) is 44.4 Å². The zero-order chi connectivity index (χ0) is 25.8. The smallest absolute Gasteiger partial charge is 0.339 e. The Morgan fingerprint density at radius 3 is 2.68 bits per heavy atom. The number of ether oxygens (including phenoxy) is 2. The fourth-order valence-electron chi connectivity index (χ4n) is 5.09. The highest BCUT2D eigenvalue weighted by Crippen LogP contribution is 2.32. The van der Waals surface area contributed by atoms with E-state index in [1.807, 2.05) is 18.2 Å². The molecule has 2 fully saturated rings. The summed E-state index contributed by atoms with van der Waals surface area (Å²) in [6.45, 7) is 4.45. The number of likely N-dealkylation sites (tertiary alicyclic amines) is 1. The zero-order valence-corrected chi connectivity index (χ0v) is 22.0. The minimum absolute atomic E-state index is 0.188. The third-order valence-electron chi connectivity index (χ3n) is 7.16. The van der Waals surface area contributed by atoms with Gasteiger partial charge in [0.1, 0.15) is 5.69 Å². The van der Waals surface area contributed by atoms with E-state index in [0.717, 1.165) is 56.3 Å². The van der Waals surface area contributed by atoms with Gasteiger partial charge in [-0.1, -0.05) is 36.4 Å². The maximum Gasteiger partial charge on any atom is 0.339 e. The van der Waals surface area contributed by atoms with Gasteiger partial charge in [0.15, 0.2) is 5.13 Å². The van der Waals surface area contributed by atoms with Gasteiger partial charge >= 0.3 is 5.97 Å². The number of hydrogen-bond acceptors (Lipinski definition) is 8. The monoisotopic (exact) mass is 520 g/mol. The van der Waals surface area contributed by atoms with Crippen molar-refractivity contribution in [3.8, 4) is 0 Å². The number of nitrogens with one attached hydrogen (secondary N) is 1. The number of aromatic nitrogens is 1. The van der Waals surface area contributed by atoms with Crippen molar-refractivity contribution < 1.29 is 19.1 Å². The molecule has 2 aromatic carbocycles. The van der Waals surface area contributed by atoms with E-state index >= 15 is 0 Å². The summed E-state index contributed by atoms with van der Waals surface area (Å²) in [5.41, 5.74) is 3.48. The Bertz CT molecular complexity index is 1250. The molecule has 0 radical (unpaired) electrons. The molecule has 3 aromatic rings. The van der Waals surface area contributed by atoms with Crippen molar-refractivity contribution in [3.05, 3.63) is 76.3 Å². The highest BCUT2D eigenvalue weighted by atomic mass is 32.1. The molecule has 0 spiro atoms. The first-order valence-corrected chi connectivity index (χ1v) is 13.4. The topological polar surface area (TPSA) is 84.0 Å². The van der Waals surface area contributed by atoms with Gasteiger partial charge in [0, 0.05) is 38.7 Å². The first-order chi connectivity index (χ1) is 18.0. The highest BCUT2D eigenvalue weighted by molar-refractivity contribution is 7.14. The Hall–Kier alpha value is -3.27. The van der Waals surface area contributed by atoms with Crippen LogP contribution >= 0.6 is 11.3 Å². The molecule has 1 N–H and O–H groups in total. The summed E-state index contributed by atoms with van der Waals surface area (Å²) < 4.78 is 10.5. The predicted molar refractivity (Wildman–Crippen MR) is 145 cm³/mol. The number of carbonyl (C=O) groups excluding carboxylic acids is 2. The fraction of sp³-hybridized carbons (Fsp3) is 0.393. The van der Waals surface area contributed by atoms with Crippen molar-refractivity contribution >= 4 is 34.0 Å². The Labute approximate surface area is 221 Å². The van der Waals surface area contributed by atoms with Crippen LogP contribution in [0.2, 0.25) is 0 Å². The van der Waals surface area contributed by atoms with Gasteiger partial charge in [-0.05, 0) is 48.6 Å². The lowest BCUT2D eigenvalue weighted by molar-refractivity contribution is 0.0601. The second kappa shape index (κ2) is 11.4. The molecular formula is C28H32N4O4S. The SMILES string of the molecule is COC(=O)c1cc(C2CCN(Cc3ccccc3)C2)ccc1NC(=O)c1csc(N2CC[C@H](OC)C2)n1. The lowest BCUT2D eigenvalue weighted by atomic mass is 9.95. The van der Waals surface area contributed by atoms with Crippen molar-refractivity contribution in [2.75, 3.05) is 50.6 Å². The van der Waals surface area contributed by atoms with E-state index in [1.54, 1.807) is 18.6 Å². The quantitative estimate of drug-likeness (QED) is 0.441. The van der Waals surface area contributed by atoms with Gasteiger partial charge in [0.25, 0.3) is 5.91 Å².